The maximum atomic E-state index is 12.6. The van der Waals surface area contributed by atoms with Crippen molar-refractivity contribution in [3.63, 3.8) is 0 Å². The van der Waals surface area contributed by atoms with Crippen molar-refractivity contribution in [2.45, 2.75) is 30.3 Å². The Morgan fingerprint density at radius 1 is 0.931 bits per heavy atom. The van der Waals surface area contributed by atoms with Crippen molar-refractivity contribution >= 4 is 33.2 Å². The highest BCUT2D eigenvalue weighted by atomic mass is 32.2. The Labute approximate surface area is 173 Å². The molecule has 3 aromatic rings. The molecule has 150 valence electrons. The first-order valence-electron chi connectivity index (χ1n) is 9.99. The molecule has 1 aliphatic heterocycles. The van der Waals surface area contributed by atoms with Crippen molar-refractivity contribution in [1.82, 2.24) is 0 Å². The molecule has 1 aliphatic rings. The van der Waals surface area contributed by atoms with Gasteiger partial charge in [0.1, 0.15) is 0 Å². The zero-order valence-electron chi connectivity index (χ0n) is 16.3. The summed E-state index contributed by atoms with van der Waals surface area (Å²) in [6, 6.07) is 21.9. The minimum absolute atomic E-state index is 0.0528. The van der Waals surface area contributed by atoms with Crippen LogP contribution in [-0.2, 0) is 32.5 Å². The van der Waals surface area contributed by atoms with Crippen LogP contribution in [0.2, 0.25) is 0 Å². The molecule has 1 amide bonds. The molecule has 1 atom stereocenters. The molecule has 0 aromatic heterocycles. The molecular formula is C24H25NO3S. The summed E-state index contributed by atoms with van der Waals surface area (Å²) >= 11 is 0. The van der Waals surface area contributed by atoms with Gasteiger partial charge in [-0.05, 0) is 46.9 Å². The summed E-state index contributed by atoms with van der Waals surface area (Å²) in [5.74, 6) is 0.460. The summed E-state index contributed by atoms with van der Waals surface area (Å²) in [7, 11) is -0.916. The smallest absolute Gasteiger partial charge is 0.228 e. The third-order valence-corrected chi connectivity index (χ3v) is 7.07. The van der Waals surface area contributed by atoms with Gasteiger partial charge in [0.25, 0.3) is 0 Å². The summed E-state index contributed by atoms with van der Waals surface area (Å²) in [5, 5.41) is 5.48. The maximum Gasteiger partial charge on any atom is 0.228 e. The number of carbonyl (C=O) groups is 1. The first-order valence-corrected chi connectivity index (χ1v) is 11.4. The van der Waals surface area contributed by atoms with E-state index in [1.165, 1.54) is 5.39 Å². The minimum atomic E-state index is -0.916. The lowest BCUT2D eigenvalue weighted by atomic mass is 10.0. The van der Waals surface area contributed by atoms with Crippen LogP contribution in [0.4, 0.5) is 5.69 Å². The number of hydrogen-bond donors (Lipinski definition) is 1. The first kappa shape index (κ1) is 19.8. The average molecular weight is 408 g/mol. The third kappa shape index (κ3) is 5.31. The van der Waals surface area contributed by atoms with Gasteiger partial charge in [-0.1, -0.05) is 54.6 Å². The third-order valence-electron chi connectivity index (χ3n) is 5.24. The Morgan fingerprint density at radius 3 is 2.55 bits per heavy atom. The predicted octanol–water partition coefficient (Wildman–Crippen LogP) is 4.45. The maximum absolute atomic E-state index is 12.6. The van der Waals surface area contributed by atoms with Crippen molar-refractivity contribution in [1.29, 1.82) is 0 Å². The lowest BCUT2D eigenvalue weighted by Crippen LogP contribution is -2.25. The van der Waals surface area contributed by atoms with Crippen LogP contribution in [0.5, 0.6) is 0 Å². The predicted molar refractivity (Wildman–Crippen MR) is 118 cm³/mol. The molecule has 29 heavy (non-hydrogen) atoms. The van der Waals surface area contributed by atoms with E-state index in [9.17, 15) is 9.00 Å². The number of hydrogen-bond acceptors (Lipinski definition) is 3. The normalized spacial score (nSPS) is 15.9. The quantitative estimate of drug-likeness (QED) is 0.657. The fourth-order valence-electron chi connectivity index (χ4n) is 3.70. The van der Waals surface area contributed by atoms with Gasteiger partial charge < -0.3 is 10.1 Å². The molecule has 1 N–H and O–H groups in total. The molecule has 4 rings (SSSR count). The molecular weight excluding hydrogens is 382 g/mol. The molecule has 0 aliphatic carbocycles. The van der Waals surface area contributed by atoms with E-state index in [0.717, 1.165) is 35.0 Å². The van der Waals surface area contributed by atoms with Crippen molar-refractivity contribution in [2.24, 2.45) is 0 Å². The molecule has 1 heterocycles. The van der Waals surface area contributed by atoms with E-state index in [-0.39, 0.29) is 11.2 Å². The zero-order chi connectivity index (χ0) is 20.1. The number of anilines is 1. The summed E-state index contributed by atoms with van der Waals surface area (Å²) in [6.07, 6.45) is 2.03. The highest BCUT2D eigenvalue weighted by molar-refractivity contribution is 7.84. The van der Waals surface area contributed by atoms with Crippen LogP contribution >= 0.6 is 0 Å². The van der Waals surface area contributed by atoms with E-state index in [4.69, 9.17) is 4.74 Å². The van der Waals surface area contributed by atoms with Gasteiger partial charge in [0, 0.05) is 40.7 Å². The number of fused-ring (bicyclic) bond motifs is 1. The van der Waals surface area contributed by atoms with Crippen molar-refractivity contribution in [3.05, 3.63) is 77.9 Å². The van der Waals surface area contributed by atoms with Crippen molar-refractivity contribution < 1.29 is 13.7 Å². The highest BCUT2D eigenvalue weighted by Gasteiger charge is 2.20. The van der Waals surface area contributed by atoms with Gasteiger partial charge in [-0.2, -0.15) is 0 Å². The Balaban J connectivity index is 1.37. The second-order valence-electron chi connectivity index (χ2n) is 7.44. The molecule has 1 unspecified atom stereocenters. The highest BCUT2D eigenvalue weighted by Crippen LogP contribution is 2.20. The van der Waals surface area contributed by atoms with Crippen LogP contribution in [0.3, 0.4) is 0 Å². The first-order chi connectivity index (χ1) is 14.2. The number of ether oxygens (including phenoxy) is 1. The lowest BCUT2D eigenvalue weighted by molar-refractivity contribution is -0.115. The molecule has 1 fully saturated rings. The van der Waals surface area contributed by atoms with Crippen LogP contribution in [0.15, 0.2) is 66.7 Å². The molecule has 0 radical (unpaired) electrons. The van der Waals surface area contributed by atoms with Crippen molar-refractivity contribution in [2.75, 3.05) is 18.5 Å². The molecule has 5 heteroatoms. The fraction of sp³-hybridized carbons (Fsp3) is 0.292. The van der Waals surface area contributed by atoms with E-state index in [1.54, 1.807) is 0 Å². The minimum Gasteiger partial charge on any atom is -0.381 e. The summed E-state index contributed by atoms with van der Waals surface area (Å²) < 4.78 is 18.0. The second kappa shape index (κ2) is 9.33. The van der Waals surface area contributed by atoms with Crippen LogP contribution in [0.1, 0.15) is 24.0 Å². The van der Waals surface area contributed by atoms with E-state index in [1.807, 2.05) is 48.5 Å². The fourth-order valence-corrected chi connectivity index (χ4v) is 5.16. The van der Waals surface area contributed by atoms with Gasteiger partial charge in [-0.3, -0.25) is 9.00 Å². The van der Waals surface area contributed by atoms with Crippen LogP contribution in [0.25, 0.3) is 10.8 Å². The van der Waals surface area contributed by atoms with E-state index in [0.29, 0.717) is 25.4 Å². The van der Waals surface area contributed by atoms with Gasteiger partial charge in [-0.15, -0.1) is 0 Å². The van der Waals surface area contributed by atoms with Gasteiger partial charge >= 0.3 is 0 Å². The van der Waals surface area contributed by atoms with Gasteiger partial charge in [0.15, 0.2) is 0 Å². The van der Waals surface area contributed by atoms with Gasteiger partial charge in [-0.25, -0.2) is 0 Å². The molecule has 0 bridgehead atoms. The molecule has 0 spiro atoms. The van der Waals surface area contributed by atoms with Gasteiger partial charge in [0.2, 0.25) is 5.91 Å². The van der Waals surface area contributed by atoms with Crippen LogP contribution in [-0.4, -0.2) is 28.6 Å². The molecule has 1 saturated heterocycles. The van der Waals surface area contributed by atoms with Gasteiger partial charge in [0.05, 0.1) is 6.42 Å². The number of carbonyl (C=O) groups excluding carboxylic acids is 1. The molecule has 3 aromatic carbocycles. The second-order valence-corrected chi connectivity index (χ2v) is 9.16. The number of nitrogens with one attached hydrogen (secondary N) is 1. The van der Waals surface area contributed by atoms with Crippen LogP contribution in [0, 0.1) is 0 Å². The molecule has 0 saturated carbocycles. The summed E-state index contributed by atoms with van der Waals surface area (Å²) in [4.78, 5) is 12.5. The van der Waals surface area contributed by atoms with Crippen LogP contribution < -0.4 is 5.32 Å². The zero-order valence-corrected chi connectivity index (χ0v) is 17.1. The Morgan fingerprint density at radius 2 is 1.72 bits per heavy atom. The van der Waals surface area contributed by atoms with E-state index < -0.39 is 10.8 Å². The lowest BCUT2D eigenvalue weighted by Gasteiger charge is -2.21. The van der Waals surface area contributed by atoms with Crippen molar-refractivity contribution in [3.8, 4) is 0 Å². The monoisotopic (exact) mass is 407 g/mol. The Hall–Kier alpha value is -2.50. The topological polar surface area (TPSA) is 55.4 Å². The summed E-state index contributed by atoms with van der Waals surface area (Å²) in [5.41, 5.74) is 2.72. The van der Waals surface area contributed by atoms with E-state index in [2.05, 4.69) is 23.5 Å². The van der Waals surface area contributed by atoms with E-state index >= 15 is 0 Å². The molecule has 4 nitrogen and oxygen atoms in total. The average Bonchev–Trinajstić information content (AvgIpc) is 2.74. The number of rotatable bonds is 6. The number of amides is 1. The Bertz CT molecular complexity index is 1030. The number of benzene rings is 3. The SMILES string of the molecule is O=C(Cc1ccc2ccccc2c1)Nc1cccc(CS(=O)C2CCOCC2)c1. The Kier molecular flexibility index (Phi) is 6.37. The standard InChI is InChI=1S/C24H25NO3S/c26-24(16-18-8-9-20-5-1-2-6-21(20)14-18)25-22-7-3-4-19(15-22)17-29(27)23-10-12-28-13-11-23/h1-9,14-15,23H,10-13,16-17H2,(H,25,26). The largest absolute Gasteiger partial charge is 0.381 e. The summed E-state index contributed by atoms with van der Waals surface area (Å²) in [6.45, 7) is 1.39.